The van der Waals surface area contributed by atoms with Crippen molar-refractivity contribution >= 4 is 0 Å². The Labute approximate surface area is 200 Å². The van der Waals surface area contributed by atoms with Gasteiger partial charge in [0, 0.05) is 11.3 Å². The molecule has 174 valence electrons. The molecule has 0 aliphatic rings. The first kappa shape index (κ1) is 23.2. The number of hydrogen-bond donors (Lipinski definition) is 4. The fourth-order valence-electron chi connectivity index (χ4n) is 5.00. The Bertz CT molecular complexity index is 1100. The van der Waals surface area contributed by atoms with Crippen molar-refractivity contribution in [2.75, 3.05) is 0 Å². The van der Waals surface area contributed by atoms with Crippen LogP contribution in [0.15, 0.2) is 97.1 Å². The zero-order valence-electron chi connectivity index (χ0n) is 19.2. The van der Waals surface area contributed by atoms with E-state index in [0.717, 1.165) is 41.5 Å². The van der Waals surface area contributed by atoms with E-state index in [-0.39, 0.29) is 28.9 Å². The molecule has 0 atom stereocenters. The van der Waals surface area contributed by atoms with Gasteiger partial charge in [-0.1, -0.05) is 68.3 Å². The van der Waals surface area contributed by atoms with Crippen molar-refractivity contribution in [3.8, 4) is 23.0 Å². The summed E-state index contributed by atoms with van der Waals surface area (Å²) >= 11 is 0. The summed E-state index contributed by atoms with van der Waals surface area (Å²) in [5.41, 5.74) is 3.55. The molecule has 0 saturated heterocycles. The third-order valence-corrected chi connectivity index (χ3v) is 6.64. The molecule has 4 aromatic rings. The van der Waals surface area contributed by atoms with E-state index < -0.39 is 5.41 Å². The van der Waals surface area contributed by atoms with Gasteiger partial charge in [0.05, 0.1) is 0 Å². The molecule has 0 bridgehead atoms. The summed E-state index contributed by atoms with van der Waals surface area (Å²) in [5, 5.41) is 40.1. The van der Waals surface area contributed by atoms with Crippen molar-refractivity contribution in [3.05, 3.63) is 119 Å². The lowest BCUT2D eigenvalue weighted by Crippen LogP contribution is -2.36. The van der Waals surface area contributed by atoms with Crippen molar-refractivity contribution in [2.45, 2.75) is 37.5 Å². The van der Waals surface area contributed by atoms with Gasteiger partial charge in [0.1, 0.15) is 23.0 Å². The van der Waals surface area contributed by atoms with Gasteiger partial charge in [-0.15, -0.1) is 0 Å². The molecular formula is C30H30O4. The van der Waals surface area contributed by atoms with Gasteiger partial charge in [0.25, 0.3) is 0 Å². The highest BCUT2D eigenvalue weighted by molar-refractivity contribution is 5.52. The van der Waals surface area contributed by atoms with Gasteiger partial charge in [0.15, 0.2) is 0 Å². The molecule has 34 heavy (non-hydrogen) atoms. The summed E-state index contributed by atoms with van der Waals surface area (Å²) in [6.45, 7) is 2.16. The van der Waals surface area contributed by atoms with Gasteiger partial charge in [-0.3, -0.25) is 0 Å². The fourth-order valence-corrected chi connectivity index (χ4v) is 5.00. The van der Waals surface area contributed by atoms with Crippen LogP contribution in [0, 0.1) is 0 Å². The summed E-state index contributed by atoms with van der Waals surface area (Å²) in [6.07, 6.45) is 2.76. The van der Waals surface area contributed by atoms with Crippen molar-refractivity contribution in [2.24, 2.45) is 0 Å². The van der Waals surface area contributed by atoms with Gasteiger partial charge in [0.2, 0.25) is 0 Å². The first-order valence-electron chi connectivity index (χ1n) is 11.6. The number of phenolic OH excluding ortho intramolecular Hbond substituents is 4. The van der Waals surface area contributed by atoms with Gasteiger partial charge >= 0.3 is 0 Å². The number of hydrogen-bond acceptors (Lipinski definition) is 4. The number of aromatic hydroxyl groups is 4. The molecule has 4 N–H and O–H groups in total. The molecule has 4 heteroatoms. The molecule has 4 aromatic carbocycles. The molecule has 4 rings (SSSR count). The average molecular weight is 455 g/mol. The number of phenols is 4. The van der Waals surface area contributed by atoms with E-state index in [0.29, 0.717) is 0 Å². The van der Waals surface area contributed by atoms with Crippen LogP contribution in [0.4, 0.5) is 0 Å². The molecule has 0 radical (unpaired) electrons. The quantitative estimate of drug-likeness (QED) is 0.236. The van der Waals surface area contributed by atoms with Crippen LogP contribution in [0.1, 0.15) is 54.4 Å². The second-order valence-corrected chi connectivity index (χ2v) is 8.78. The van der Waals surface area contributed by atoms with E-state index in [2.05, 4.69) is 6.92 Å². The number of unbranched alkanes of at least 4 members (excludes halogenated alkanes) is 1. The highest BCUT2D eigenvalue weighted by atomic mass is 16.3. The van der Waals surface area contributed by atoms with E-state index in [4.69, 9.17) is 0 Å². The Morgan fingerprint density at radius 1 is 0.529 bits per heavy atom. The van der Waals surface area contributed by atoms with E-state index in [1.807, 2.05) is 48.5 Å². The average Bonchev–Trinajstić information content (AvgIpc) is 2.85. The van der Waals surface area contributed by atoms with Gasteiger partial charge in [-0.25, -0.2) is 0 Å². The summed E-state index contributed by atoms with van der Waals surface area (Å²) < 4.78 is 0. The normalized spacial score (nSPS) is 11.6. The van der Waals surface area contributed by atoms with E-state index in [9.17, 15) is 20.4 Å². The standard InChI is InChI=1S/C30H30O4/c1-2-3-20-30(23-8-16-27(33)17-9-23,24-10-18-28(34)19-11-24)29(21-4-12-25(31)13-5-21)22-6-14-26(32)15-7-22/h4-19,29,31-34H,2-3,20H2,1H3. The van der Waals surface area contributed by atoms with Gasteiger partial charge < -0.3 is 20.4 Å². The first-order chi connectivity index (χ1) is 16.4. The summed E-state index contributed by atoms with van der Waals surface area (Å²) in [6, 6.07) is 29.2. The van der Waals surface area contributed by atoms with E-state index in [1.54, 1.807) is 48.5 Å². The van der Waals surface area contributed by atoms with Gasteiger partial charge in [-0.05, 0) is 77.2 Å². The lowest BCUT2D eigenvalue weighted by molar-refractivity contribution is 0.400. The SMILES string of the molecule is CCCCC(c1ccc(O)cc1)(c1ccc(O)cc1)C(c1ccc(O)cc1)c1ccc(O)cc1. The maximum Gasteiger partial charge on any atom is 0.115 e. The molecule has 0 saturated carbocycles. The molecular weight excluding hydrogens is 424 g/mol. The summed E-state index contributed by atoms with van der Waals surface area (Å²) in [5.74, 6) is 0.618. The third-order valence-electron chi connectivity index (χ3n) is 6.64. The Kier molecular flexibility index (Phi) is 6.78. The maximum atomic E-state index is 10.1. The molecule has 0 spiro atoms. The third kappa shape index (κ3) is 4.58. The lowest BCUT2D eigenvalue weighted by Gasteiger charge is -2.43. The predicted molar refractivity (Wildman–Crippen MR) is 135 cm³/mol. The minimum Gasteiger partial charge on any atom is -0.508 e. The molecule has 0 heterocycles. The monoisotopic (exact) mass is 454 g/mol. The molecule has 4 nitrogen and oxygen atoms in total. The van der Waals surface area contributed by atoms with E-state index >= 15 is 0 Å². The van der Waals surface area contributed by atoms with Crippen LogP contribution in [0.5, 0.6) is 23.0 Å². The highest BCUT2D eigenvalue weighted by Gasteiger charge is 2.43. The molecule has 0 aliphatic heterocycles. The predicted octanol–water partition coefficient (Wildman–Crippen LogP) is 6.82. The smallest absolute Gasteiger partial charge is 0.115 e. The summed E-state index contributed by atoms with van der Waals surface area (Å²) in [7, 11) is 0. The minimum atomic E-state index is -0.550. The van der Waals surface area contributed by atoms with Crippen LogP contribution in [0.25, 0.3) is 0 Å². The molecule has 0 unspecified atom stereocenters. The lowest BCUT2D eigenvalue weighted by atomic mass is 9.59. The topological polar surface area (TPSA) is 80.9 Å². The first-order valence-corrected chi connectivity index (χ1v) is 11.6. The van der Waals surface area contributed by atoms with Crippen LogP contribution in [-0.2, 0) is 5.41 Å². The largest absolute Gasteiger partial charge is 0.508 e. The van der Waals surface area contributed by atoms with Gasteiger partial charge in [-0.2, -0.15) is 0 Å². The second-order valence-electron chi connectivity index (χ2n) is 8.78. The van der Waals surface area contributed by atoms with Crippen molar-refractivity contribution in [1.82, 2.24) is 0 Å². The summed E-state index contributed by atoms with van der Waals surface area (Å²) in [4.78, 5) is 0. The Morgan fingerprint density at radius 3 is 1.18 bits per heavy atom. The van der Waals surface area contributed by atoms with E-state index in [1.165, 1.54) is 0 Å². The zero-order valence-corrected chi connectivity index (χ0v) is 19.2. The Hall–Kier alpha value is -3.92. The number of rotatable bonds is 8. The van der Waals surface area contributed by atoms with Crippen molar-refractivity contribution in [3.63, 3.8) is 0 Å². The van der Waals surface area contributed by atoms with Crippen LogP contribution < -0.4 is 0 Å². The van der Waals surface area contributed by atoms with Crippen LogP contribution in [0.2, 0.25) is 0 Å². The van der Waals surface area contributed by atoms with Crippen molar-refractivity contribution in [1.29, 1.82) is 0 Å². The van der Waals surface area contributed by atoms with Crippen LogP contribution in [0.3, 0.4) is 0 Å². The fraction of sp³-hybridized carbons (Fsp3) is 0.200. The zero-order chi connectivity index (χ0) is 24.1. The Morgan fingerprint density at radius 2 is 0.853 bits per heavy atom. The molecule has 0 aromatic heterocycles. The molecule has 0 aliphatic carbocycles. The Balaban J connectivity index is 2.07. The minimum absolute atomic E-state index is 0.172. The molecule has 0 amide bonds. The van der Waals surface area contributed by atoms with Crippen molar-refractivity contribution < 1.29 is 20.4 Å². The molecule has 0 fully saturated rings. The van der Waals surface area contributed by atoms with Crippen LogP contribution in [-0.4, -0.2) is 20.4 Å². The second kappa shape index (κ2) is 9.92. The maximum absolute atomic E-state index is 10.1. The highest BCUT2D eigenvalue weighted by Crippen LogP contribution is 2.52. The van der Waals surface area contributed by atoms with Crippen LogP contribution >= 0.6 is 0 Å². The number of benzene rings is 4.